The Hall–Kier alpha value is -0.950. The lowest BCUT2D eigenvalue weighted by Crippen LogP contribution is -2.15. The largest absolute Gasteiger partial charge is 0.339 e. The highest BCUT2D eigenvalue weighted by Crippen LogP contribution is 2.02. The Bertz CT molecular complexity index is 370. The van der Waals surface area contributed by atoms with Gasteiger partial charge in [0.05, 0.1) is 0 Å². The van der Waals surface area contributed by atoms with E-state index in [9.17, 15) is 8.42 Å². The van der Waals surface area contributed by atoms with Gasteiger partial charge in [0.15, 0.2) is 5.82 Å². The molecule has 1 aromatic rings. The highest BCUT2D eigenvalue weighted by Gasteiger charge is 2.11. The van der Waals surface area contributed by atoms with Gasteiger partial charge in [0.1, 0.15) is 5.75 Å². The fourth-order valence-corrected chi connectivity index (χ4v) is 1.32. The minimum Gasteiger partial charge on any atom is -0.339 e. The van der Waals surface area contributed by atoms with Crippen LogP contribution in [0.2, 0.25) is 0 Å². The van der Waals surface area contributed by atoms with Crippen LogP contribution < -0.4 is 5.14 Å². The molecule has 0 aliphatic carbocycles. The van der Waals surface area contributed by atoms with E-state index in [1.165, 1.54) is 0 Å². The summed E-state index contributed by atoms with van der Waals surface area (Å²) in [6, 6.07) is 0. The van der Waals surface area contributed by atoms with Crippen LogP contribution >= 0.6 is 0 Å². The van der Waals surface area contributed by atoms with E-state index in [2.05, 4.69) is 10.1 Å². The molecule has 1 heterocycles. The third-order valence-electron chi connectivity index (χ3n) is 1.30. The predicted octanol–water partition coefficient (Wildman–Crippen LogP) is -0.189. The molecule has 0 atom stereocenters. The molecule has 2 N–H and O–H groups in total. The average molecular weight is 205 g/mol. The Morgan fingerprint density at radius 3 is 2.77 bits per heavy atom. The molecule has 0 spiro atoms. The fraction of sp³-hybridized carbons (Fsp3) is 0.667. The predicted molar refractivity (Wildman–Crippen MR) is 45.1 cm³/mol. The van der Waals surface area contributed by atoms with Gasteiger partial charge in [0.25, 0.3) is 0 Å². The summed E-state index contributed by atoms with van der Waals surface area (Å²) in [6.07, 6.45) is 1.52. The Labute approximate surface area is 76.2 Å². The van der Waals surface area contributed by atoms with Gasteiger partial charge in [0, 0.05) is 6.42 Å². The first-order valence-electron chi connectivity index (χ1n) is 3.83. The molecule has 13 heavy (non-hydrogen) atoms. The van der Waals surface area contributed by atoms with Gasteiger partial charge >= 0.3 is 0 Å². The summed E-state index contributed by atoms with van der Waals surface area (Å²) in [5.41, 5.74) is 0. The van der Waals surface area contributed by atoms with Crippen LogP contribution in [0.1, 0.15) is 25.1 Å². The highest BCUT2D eigenvalue weighted by atomic mass is 32.2. The fourth-order valence-electron chi connectivity index (χ4n) is 0.844. The van der Waals surface area contributed by atoms with E-state index in [0.29, 0.717) is 12.3 Å². The van der Waals surface area contributed by atoms with Crippen LogP contribution in [0.5, 0.6) is 0 Å². The van der Waals surface area contributed by atoms with Gasteiger partial charge in [-0.1, -0.05) is 12.1 Å². The summed E-state index contributed by atoms with van der Waals surface area (Å²) in [5, 5.41) is 8.28. The number of rotatable bonds is 4. The van der Waals surface area contributed by atoms with Crippen molar-refractivity contribution in [3.63, 3.8) is 0 Å². The van der Waals surface area contributed by atoms with E-state index in [1.54, 1.807) is 0 Å². The highest BCUT2D eigenvalue weighted by molar-refractivity contribution is 7.88. The first-order valence-corrected chi connectivity index (χ1v) is 5.54. The number of sulfonamides is 1. The summed E-state index contributed by atoms with van der Waals surface area (Å²) in [7, 11) is -3.56. The molecule has 0 radical (unpaired) electrons. The van der Waals surface area contributed by atoms with E-state index in [1.807, 2.05) is 6.92 Å². The molecule has 0 aromatic carbocycles. The molecule has 6 nitrogen and oxygen atoms in total. The third-order valence-corrected chi connectivity index (χ3v) is 1.96. The standard InChI is InChI=1S/C6H11N3O3S/c1-2-3-6-8-5(9-12-6)4-13(7,10)11/h2-4H2,1H3,(H2,7,10,11). The van der Waals surface area contributed by atoms with E-state index < -0.39 is 10.0 Å². The Balaban J connectivity index is 2.69. The number of aromatic nitrogens is 2. The van der Waals surface area contributed by atoms with Crippen LogP contribution in [-0.4, -0.2) is 18.6 Å². The summed E-state index contributed by atoms with van der Waals surface area (Å²) >= 11 is 0. The zero-order chi connectivity index (χ0) is 9.90. The van der Waals surface area contributed by atoms with Crippen molar-refractivity contribution in [1.82, 2.24) is 10.1 Å². The lowest BCUT2D eigenvalue weighted by molar-refractivity contribution is 0.373. The van der Waals surface area contributed by atoms with Crippen LogP contribution in [0.25, 0.3) is 0 Å². The first kappa shape index (κ1) is 10.1. The van der Waals surface area contributed by atoms with Crippen molar-refractivity contribution in [2.45, 2.75) is 25.5 Å². The normalized spacial score (nSPS) is 11.8. The molecule has 7 heteroatoms. The summed E-state index contributed by atoms with van der Waals surface area (Å²) in [6.45, 7) is 1.96. The molecule has 0 unspecified atom stereocenters. The second-order valence-electron chi connectivity index (χ2n) is 2.66. The summed E-state index contributed by atoms with van der Waals surface area (Å²) < 4.78 is 26.0. The Morgan fingerprint density at radius 1 is 1.54 bits per heavy atom. The molecule has 0 fully saturated rings. The van der Waals surface area contributed by atoms with E-state index in [4.69, 9.17) is 9.66 Å². The molecule has 0 aliphatic rings. The van der Waals surface area contributed by atoms with Crippen LogP contribution in [0.15, 0.2) is 4.52 Å². The molecule has 0 bridgehead atoms. The molecule has 0 saturated carbocycles. The number of hydrogen-bond acceptors (Lipinski definition) is 5. The van der Waals surface area contributed by atoms with E-state index in [0.717, 1.165) is 6.42 Å². The number of nitrogens with zero attached hydrogens (tertiary/aromatic N) is 2. The maximum absolute atomic E-state index is 10.6. The lowest BCUT2D eigenvalue weighted by atomic mass is 10.3. The van der Waals surface area contributed by atoms with Gasteiger partial charge in [-0.15, -0.1) is 0 Å². The van der Waals surface area contributed by atoms with Crippen LogP contribution in [-0.2, 0) is 22.2 Å². The zero-order valence-corrected chi connectivity index (χ0v) is 8.04. The van der Waals surface area contributed by atoms with Crippen molar-refractivity contribution in [3.05, 3.63) is 11.7 Å². The van der Waals surface area contributed by atoms with Gasteiger partial charge in [0.2, 0.25) is 15.9 Å². The maximum atomic E-state index is 10.6. The van der Waals surface area contributed by atoms with Gasteiger partial charge in [-0.25, -0.2) is 13.6 Å². The second-order valence-corrected chi connectivity index (χ2v) is 4.28. The molecular weight excluding hydrogens is 194 g/mol. The SMILES string of the molecule is CCCc1nc(CS(N)(=O)=O)no1. The van der Waals surface area contributed by atoms with E-state index >= 15 is 0 Å². The molecule has 0 amide bonds. The van der Waals surface area contributed by atoms with Crippen molar-refractivity contribution in [3.8, 4) is 0 Å². The Morgan fingerprint density at radius 2 is 2.23 bits per heavy atom. The smallest absolute Gasteiger partial charge is 0.226 e. The van der Waals surface area contributed by atoms with Crippen molar-refractivity contribution in [1.29, 1.82) is 0 Å². The molecule has 1 aromatic heterocycles. The van der Waals surface area contributed by atoms with Crippen molar-refractivity contribution < 1.29 is 12.9 Å². The van der Waals surface area contributed by atoms with Crippen LogP contribution in [0, 0.1) is 0 Å². The van der Waals surface area contributed by atoms with Gasteiger partial charge < -0.3 is 4.52 Å². The first-order chi connectivity index (χ1) is 6.01. The molecule has 0 saturated heterocycles. The lowest BCUT2D eigenvalue weighted by Gasteiger charge is -1.88. The molecule has 74 valence electrons. The van der Waals surface area contributed by atoms with Gasteiger partial charge in [-0.2, -0.15) is 4.98 Å². The van der Waals surface area contributed by atoms with E-state index in [-0.39, 0.29) is 11.6 Å². The van der Waals surface area contributed by atoms with Crippen molar-refractivity contribution >= 4 is 10.0 Å². The molecule has 0 aliphatic heterocycles. The minimum atomic E-state index is -3.56. The number of nitrogens with two attached hydrogens (primary N) is 1. The monoisotopic (exact) mass is 205 g/mol. The Kier molecular flexibility index (Phi) is 2.99. The second kappa shape index (κ2) is 3.84. The van der Waals surface area contributed by atoms with Crippen molar-refractivity contribution in [2.24, 2.45) is 5.14 Å². The zero-order valence-electron chi connectivity index (χ0n) is 7.23. The van der Waals surface area contributed by atoms with Gasteiger partial charge in [-0.05, 0) is 6.42 Å². The van der Waals surface area contributed by atoms with Crippen LogP contribution in [0.4, 0.5) is 0 Å². The number of hydrogen-bond donors (Lipinski definition) is 1. The third kappa shape index (κ3) is 3.51. The van der Waals surface area contributed by atoms with Crippen molar-refractivity contribution in [2.75, 3.05) is 0 Å². The minimum absolute atomic E-state index is 0.117. The molecular formula is C6H11N3O3S. The molecule has 1 rings (SSSR count). The topological polar surface area (TPSA) is 99.1 Å². The quantitative estimate of drug-likeness (QED) is 0.734. The summed E-state index contributed by atoms with van der Waals surface area (Å²) in [5.74, 6) is 0.187. The number of aryl methyl sites for hydroxylation is 1. The number of primary sulfonamides is 1. The van der Waals surface area contributed by atoms with Crippen LogP contribution in [0.3, 0.4) is 0 Å². The summed E-state index contributed by atoms with van der Waals surface area (Å²) in [4.78, 5) is 3.85. The average Bonchev–Trinajstić information content (AvgIpc) is 2.33. The van der Waals surface area contributed by atoms with Gasteiger partial charge in [-0.3, -0.25) is 0 Å². The maximum Gasteiger partial charge on any atom is 0.226 e.